The highest BCUT2D eigenvalue weighted by Crippen LogP contribution is 2.46. The molecule has 1 saturated heterocycles. The number of nitrogens with zero attached hydrogens (tertiary/aromatic N) is 2. The molecule has 3 atom stereocenters. The Balaban J connectivity index is 1.87. The van der Waals surface area contributed by atoms with Crippen LogP contribution >= 0.6 is 12.6 Å². The van der Waals surface area contributed by atoms with Crippen LogP contribution in [-0.2, 0) is 11.8 Å². The van der Waals surface area contributed by atoms with Gasteiger partial charge in [0, 0.05) is 23.9 Å². The minimum absolute atomic E-state index is 0.110. The molecule has 0 bridgehead atoms. The molecule has 18 heavy (non-hydrogen) atoms. The first-order valence-corrected chi connectivity index (χ1v) is 7.28. The van der Waals surface area contributed by atoms with Crippen molar-refractivity contribution < 1.29 is 0 Å². The van der Waals surface area contributed by atoms with Gasteiger partial charge >= 0.3 is 0 Å². The number of pyridine rings is 1. The van der Waals surface area contributed by atoms with Gasteiger partial charge in [-0.15, -0.1) is 0 Å². The van der Waals surface area contributed by atoms with Crippen molar-refractivity contribution in [1.82, 2.24) is 9.88 Å². The van der Waals surface area contributed by atoms with Gasteiger partial charge in [0.2, 0.25) is 0 Å². The predicted octanol–water partition coefficient (Wildman–Crippen LogP) is 1.92. The van der Waals surface area contributed by atoms with Crippen molar-refractivity contribution >= 4 is 12.6 Å². The standard InChI is InChI=1S/C14H21N3S/c1-10(18)17-8-6-14(9-12(17)15)5-4-11-3-2-7-16-13(11)14/h2-3,7,10,12,18H,4-6,8-9,15H2,1H3/t10?,12-,14?/m0/s1. The molecule has 0 saturated carbocycles. The first kappa shape index (κ1) is 12.5. The number of fused-ring (bicyclic) bond motifs is 2. The Hall–Kier alpha value is -0.580. The van der Waals surface area contributed by atoms with Gasteiger partial charge in [-0.2, -0.15) is 12.6 Å². The van der Waals surface area contributed by atoms with Gasteiger partial charge < -0.3 is 5.73 Å². The molecule has 1 fully saturated rings. The van der Waals surface area contributed by atoms with Crippen LogP contribution in [0.15, 0.2) is 18.3 Å². The molecule has 3 rings (SSSR count). The Morgan fingerprint density at radius 3 is 3.11 bits per heavy atom. The maximum atomic E-state index is 6.34. The zero-order valence-corrected chi connectivity index (χ0v) is 11.7. The topological polar surface area (TPSA) is 42.2 Å². The van der Waals surface area contributed by atoms with Crippen LogP contribution in [0.3, 0.4) is 0 Å². The monoisotopic (exact) mass is 263 g/mol. The van der Waals surface area contributed by atoms with Crippen LogP contribution in [0.25, 0.3) is 0 Å². The molecule has 98 valence electrons. The summed E-state index contributed by atoms with van der Waals surface area (Å²) in [4.78, 5) is 6.93. The van der Waals surface area contributed by atoms with Gasteiger partial charge in [0.15, 0.2) is 0 Å². The summed E-state index contributed by atoms with van der Waals surface area (Å²) in [7, 11) is 0. The molecule has 2 heterocycles. The van der Waals surface area contributed by atoms with Crippen molar-refractivity contribution in [2.45, 2.75) is 49.6 Å². The number of piperidine rings is 1. The summed E-state index contributed by atoms with van der Waals surface area (Å²) in [6, 6.07) is 4.26. The fourth-order valence-corrected chi connectivity index (χ4v) is 3.93. The second-order valence-corrected chi connectivity index (χ2v) is 6.43. The van der Waals surface area contributed by atoms with Crippen molar-refractivity contribution in [2.75, 3.05) is 6.54 Å². The van der Waals surface area contributed by atoms with E-state index < -0.39 is 0 Å². The molecule has 1 aliphatic carbocycles. The summed E-state index contributed by atoms with van der Waals surface area (Å²) in [5.74, 6) is 0. The molecule has 2 N–H and O–H groups in total. The van der Waals surface area contributed by atoms with Crippen molar-refractivity contribution in [3.63, 3.8) is 0 Å². The normalized spacial score (nSPS) is 33.6. The molecule has 3 nitrogen and oxygen atoms in total. The number of nitrogens with two attached hydrogens (primary N) is 1. The van der Waals surface area contributed by atoms with E-state index in [2.05, 4.69) is 35.5 Å². The number of aromatic nitrogens is 1. The Morgan fingerprint density at radius 1 is 1.56 bits per heavy atom. The third-order valence-electron chi connectivity index (χ3n) is 4.62. The average Bonchev–Trinajstić information content (AvgIpc) is 2.69. The minimum atomic E-state index is 0.110. The fourth-order valence-electron chi connectivity index (χ4n) is 3.64. The van der Waals surface area contributed by atoms with E-state index in [1.165, 1.54) is 17.7 Å². The van der Waals surface area contributed by atoms with Gasteiger partial charge in [-0.25, -0.2) is 0 Å². The van der Waals surface area contributed by atoms with Gasteiger partial charge in [0.05, 0.1) is 11.5 Å². The lowest BCUT2D eigenvalue weighted by atomic mass is 9.75. The quantitative estimate of drug-likeness (QED) is 0.761. The number of hydrogen-bond donors (Lipinski definition) is 2. The first-order chi connectivity index (χ1) is 8.62. The van der Waals surface area contributed by atoms with Crippen molar-refractivity contribution in [1.29, 1.82) is 0 Å². The van der Waals surface area contributed by atoms with E-state index in [-0.39, 0.29) is 17.0 Å². The maximum Gasteiger partial charge on any atom is 0.0590 e. The summed E-state index contributed by atoms with van der Waals surface area (Å²) in [6.45, 7) is 3.13. The van der Waals surface area contributed by atoms with Crippen LogP contribution in [0, 0.1) is 0 Å². The Labute approximate surface area is 114 Å². The second-order valence-electron chi connectivity index (χ2n) is 5.68. The summed E-state index contributed by atoms with van der Waals surface area (Å²) in [5.41, 5.74) is 9.31. The maximum absolute atomic E-state index is 6.34. The SMILES string of the molecule is CC(S)N1CCC2(CCc3cccnc32)C[C@H]1N. The average molecular weight is 263 g/mol. The highest BCUT2D eigenvalue weighted by atomic mass is 32.1. The lowest BCUT2D eigenvalue weighted by Gasteiger charge is -2.45. The molecular formula is C14H21N3S. The van der Waals surface area contributed by atoms with E-state index in [1.54, 1.807) is 0 Å². The summed E-state index contributed by atoms with van der Waals surface area (Å²) < 4.78 is 0. The van der Waals surface area contributed by atoms with E-state index in [4.69, 9.17) is 5.73 Å². The number of rotatable bonds is 1. The van der Waals surface area contributed by atoms with Gasteiger partial charge in [0.1, 0.15) is 0 Å². The van der Waals surface area contributed by atoms with Crippen LogP contribution in [-0.4, -0.2) is 28.0 Å². The van der Waals surface area contributed by atoms with Gasteiger partial charge in [-0.1, -0.05) is 6.07 Å². The third-order valence-corrected chi connectivity index (χ3v) is 4.92. The van der Waals surface area contributed by atoms with Crippen molar-refractivity contribution in [3.05, 3.63) is 29.6 Å². The van der Waals surface area contributed by atoms with Crippen molar-refractivity contribution in [2.24, 2.45) is 5.73 Å². The number of hydrogen-bond acceptors (Lipinski definition) is 4. The van der Waals surface area contributed by atoms with Crippen LogP contribution in [0.5, 0.6) is 0 Å². The zero-order chi connectivity index (χ0) is 12.8. The molecule has 0 amide bonds. The molecule has 2 unspecified atom stereocenters. The summed E-state index contributed by atoms with van der Waals surface area (Å²) >= 11 is 4.52. The lowest BCUT2D eigenvalue weighted by Crippen LogP contribution is -2.54. The molecule has 4 heteroatoms. The Morgan fingerprint density at radius 2 is 2.39 bits per heavy atom. The molecule has 2 aliphatic rings. The van der Waals surface area contributed by atoms with E-state index in [1.807, 2.05) is 12.3 Å². The van der Waals surface area contributed by atoms with E-state index >= 15 is 0 Å². The van der Waals surface area contributed by atoms with Crippen LogP contribution in [0.1, 0.15) is 37.4 Å². The zero-order valence-electron chi connectivity index (χ0n) is 10.8. The van der Waals surface area contributed by atoms with Gasteiger partial charge in [-0.05, 0) is 44.2 Å². The van der Waals surface area contributed by atoms with E-state index in [9.17, 15) is 0 Å². The molecule has 0 aromatic carbocycles. The van der Waals surface area contributed by atoms with Gasteiger partial charge in [-0.3, -0.25) is 9.88 Å². The first-order valence-electron chi connectivity index (χ1n) is 6.76. The highest BCUT2D eigenvalue weighted by Gasteiger charge is 2.45. The summed E-state index contributed by atoms with van der Waals surface area (Å²) in [6.07, 6.45) is 6.58. The molecule has 1 aromatic heterocycles. The Bertz CT molecular complexity index is 448. The Kier molecular flexibility index (Phi) is 3.12. The van der Waals surface area contributed by atoms with E-state index in [0.29, 0.717) is 0 Å². The predicted molar refractivity (Wildman–Crippen MR) is 76.6 cm³/mol. The van der Waals surface area contributed by atoms with Crippen molar-refractivity contribution in [3.8, 4) is 0 Å². The molecular weight excluding hydrogens is 242 g/mol. The number of thiol groups is 1. The molecule has 1 aromatic rings. The minimum Gasteiger partial charge on any atom is -0.316 e. The van der Waals surface area contributed by atoms with Crippen LogP contribution < -0.4 is 5.73 Å². The molecule has 1 aliphatic heterocycles. The number of likely N-dealkylation sites (tertiary alicyclic amines) is 1. The highest BCUT2D eigenvalue weighted by molar-refractivity contribution is 7.80. The largest absolute Gasteiger partial charge is 0.316 e. The van der Waals surface area contributed by atoms with Crippen LogP contribution in [0.4, 0.5) is 0 Å². The summed E-state index contributed by atoms with van der Waals surface area (Å²) in [5, 5.41) is 0.238. The molecule has 1 spiro atoms. The number of aryl methyl sites for hydroxylation is 1. The lowest BCUT2D eigenvalue weighted by molar-refractivity contribution is 0.0891. The van der Waals surface area contributed by atoms with E-state index in [0.717, 1.165) is 25.8 Å². The van der Waals surface area contributed by atoms with Crippen LogP contribution in [0.2, 0.25) is 0 Å². The van der Waals surface area contributed by atoms with Gasteiger partial charge in [0.25, 0.3) is 0 Å². The third kappa shape index (κ3) is 1.87. The smallest absolute Gasteiger partial charge is 0.0590 e. The molecule has 0 radical (unpaired) electrons. The fraction of sp³-hybridized carbons (Fsp3) is 0.643. The second kappa shape index (κ2) is 4.51.